The molecule has 0 atom stereocenters. The minimum Gasteiger partial charge on any atom is -0.374 e. The van der Waals surface area contributed by atoms with E-state index in [9.17, 15) is 10.1 Å². The number of anilines is 1. The van der Waals surface area contributed by atoms with Crippen LogP contribution in [0.3, 0.4) is 0 Å². The normalized spacial score (nSPS) is 15.4. The molecule has 0 amide bonds. The third kappa shape index (κ3) is 2.53. The summed E-state index contributed by atoms with van der Waals surface area (Å²) in [7, 11) is 2.09. The molecular weight excluding hydrogens is 228 g/mol. The molecular formula is C14H18N2O2. The smallest absolute Gasteiger partial charge is 0.246 e. The molecule has 4 heteroatoms. The molecule has 0 aromatic heterocycles. The van der Waals surface area contributed by atoms with Gasteiger partial charge in [0.05, 0.1) is 4.92 Å². The molecule has 1 aliphatic rings. The van der Waals surface area contributed by atoms with Crippen LogP contribution in [0.15, 0.2) is 23.9 Å². The van der Waals surface area contributed by atoms with Crippen molar-refractivity contribution >= 4 is 11.8 Å². The van der Waals surface area contributed by atoms with E-state index >= 15 is 0 Å². The van der Waals surface area contributed by atoms with E-state index in [1.54, 1.807) is 13.0 Å². The summed E-state index contributed by atoms with van der Waals surface area (Å²) < 4.78 is 0. The van der Waals surface area contributed by atoms with Gasteiger partial charge in [0.25, 0.3) is 0 Å². The van der Waals surface area contributed by atoms with Gasteiger partial charge in [-0.1, -0.05) is 13.0 Å². The average Bonchev–Trinajstić information content (AvgIpc) is 2.35. The second-order valence-electron chi connectivity index (χ2n) is 4.66. The molecule has 4 nitrogen and oxygen atoms in total. The van der Waals surface area contributed by atoms with Gasteiger partial charge in [-0.15, -0.1) is 0 Å². The van der Waals surface area contributed by atoms with Crippen molar-refractivity contribution < 1.29 is 4.92 Å². The van der Waals surface area contributed by atoms with E-state index in [0.717, 1.165) is 24.9 Å². The van der Waals surface area contributed by atoms with Crippen molar-refractivity contribution in [2.24, 2.45) is 0 Å². The topological polar surface area (TPSA) is 46.4 Å². The Morgan fingerprint density at radius 1 is 1.56 bits per heavy atom. The molecule has 0 bridgehead atoms. The number of rotatable bonds is 3. The van der Waals surface area contributed by atoms with E-state index in [1.807, 2.05) is 6.07 Å². The van der Waals surface area contributed by atoms with Crippen LogP contribution in [0.1, 0.15) is 30.9 Å². The van der Waals surface area contributed by atoms with Crippen LogP contribution in [0.25, 0.3) is 6.08 Å². The lowest BCUT2D eigenvalue weighted by molar-refractivity contribution is -0.425. The molecule has 0 aliphatic carbocycles. The van der Waals surface area contributed by atoms with Crippen LogP contribution in [-0.4, -0.2) is 18.5 Å². The molecule has 2 rings (SSSR count). The van der Waals surface area contributed by atoms with Crippen LogP contribution in [-0.2, 0) is 6.42 Å². The quantitative estimate of drug-likeness (QED) is 0.608. The van der Waals surface area contributed by atoms with Crippen LogP contribution in [0.2, 0.25) is 0 Å². The van der Waals surface area contributed by atoms with Crippen molar-refractivity contribution in [3.63, 3.8) is 0 Å². The van der Waals surface area contributed by atoms with Crippen molar-refractivity contribution in [1.82, 2.24) is 0 Å². The highest BCUT2D eigenvalue weighted by Gasteiger charge is 2.14. The van der Waals surface area contributed by atoms with Crippen molar-refractivity contribution in [2.75, 3.05) is 18.5 Å². The average molecular weight is 246 g/mol. The summed E-state index contributed by atoms with van der Waals surface area (Å²) in [6.07, 6.45) is 4.33. The first-order valence-corrected chi connectivity index (χ1v) is 6.31. The lowest BCUT2D eigenvalue weighted by atomic mass is 9.99. The third-order valence-electron chi connectivity index (χ3n) is 3.38. The highest BCUT2D eigenvalue weighted by atomic mass is 16.6. The Labute approximate surface area is 107 Å². The molecule has 1 aromatic carbocycles. The first-order valence-electron chi connectivity index (χ1n) is 6.31. The van der Waals surface area contributed by atoms with Crippen molar-refractivity contribution in [1.29, 1.82) is 0 Å². The lowest BCUT2D eigenvalue weighted by Gasteiger charge is -2.27. The molecule has 0 spiro atoms. The first-order chi connectivity index (χ1) is 8.61. The van der Waals surface area contributed by atoms with E-state index in [4.69, 9.17) is 0 Å². The monoisotopic (exact) mass is 246 g/mol. The Morgan fingerprint density at radius 3 is 3.00 bits per heavy atom. The Balaban J connectivity index is 2.34. The van der Waals surface area contributed by atoms with E-state index in [1.165, 1.54) is 11.3 Å². The Kier molecular flexibility index (Phi) is 3.65. The zero-order chi connectivity index (χ0) is 13.1. The fraction of sp³-hybridized carbons (Fsp3) is 0.429. The Bertz CT molecular complexity index is 495. The first kappa shape index (κ1) is 12.6. The summed E-state index contributed by atoms with van der Waals surface area (Å²) in [4.78, 5) is 12.7. The summed E-state index contributed by atoms with van der Waals surface area (Å²) in [6, 6.07) is 6.09. The van der Waals surface area contributed by atoms with Gasteiger partial charge in [0.15, 0.2) is 0 Å². The van der Waals surface area contributed by atoms with E-state index in [0.29, 0.717) is 6.42 Å². The van der Waals surface area contributed by atoms with Gasteiger partial charge in [-0.05, 0) is 36.1 Å². The minimum atomic E-state index is -0.300. The van der Waals surface area contributed by atoms with Crippen molar-refractivity contribution in [2.45, 2.75) is 26.2 Å². The predicted molar refractivity (Wildman–Crippen MR) is 73.3 cm³/mol. The molecule has 1 aromatic rings. The number of benzene rings is 1. The van der Waals surface area contributed by atoms with Crippen LogP contribution in [0, 0.1) is 10.1 Å². The van der Waals surface area contributed by atoms with Crippen molar-refractivity contribution in [3.8, 4) is 0 Å². The van der Waals surface area contributed by atoms with E-state index in [-0.39, 0.29) is 10.6 Å². The number of hydrogen-bond donors (Lipinski definition) is 0. The molecule has 18 heavy (non-hydrogen) atoms. The lowest BCUT2D eigenvalue weighted by Crippen LogP contribution is -2.24. The highest BCUT2D eigenvalue weighted by molar-refractivity contribution is 5.62. The number of nitro groups is 1. The maximum atomic E-state index is 10.8. The molecule has 0 saturated carbocycles. The summed E-state index contributed by atoms with van der Waals surface area (Å²) in [6.45, 7) is 2.89. The van der Waals surface area contributed by atoms with E-state index in [2.05, 4.69) is 24.1 Å². The molecule has 1 heterocycles. The minimum absolute atomic E-state index is 0.263. The maximum Gasteiger partial charge on any atom is 0.246 e. The van der Waals surface area contributed by atoms with Crippen LogP contribution in [0.4, 0.5) is 5.69 Å². The van der Waals surface area contributed by atoms with Crippen LogP contribution >= 0.6 is 0 Å². The number of hydrogen-bond acceptors (Lipinski definition) is 3. The molecule has 96 valence electrons. The SMILES string of the molecule is CC/C(=C\c1ccc2c(c1)CCCN2C)[N+](=O)[O-]. The molecule has 0 radical (unpaired) electrons. The summed E-state index contributed by atoms with van der Waals surface area (Å²) in [5.74, 6) is 0. The van der Waals surface area contributed by atoms with Gasteiger partial charge < -0.3 is 4.90 Å². The molecule has 0 unspecified atom stereocenters. The number of allylic oxidation sites excluding steroid dienone is 1. The highest BCUT2D eigenvalue weighted by Crippen LogP contribution is 2.27. The van der Waals surface area contributed by atoms with Gasteiger partial charge in [0.2, 0.25) is 5.70 Å². The summed E-state index contributed by atoms with van der Waals surface area (Å²) >= 11 is 0. The molecule has 1 aliphatic heterocycles. The van der Waals surface area contributed by atoms with Gasteiger partial charge in [0.1, 0.15) is 0 Å². The molecule has 0 saturated heterocycles. The summed E-state index contributed by atoms with van der Waals surface area (Å²) in [5.41, 5.74) is 3.73. The van der Waals surface area contributed by atoms with Gasteiger partial charge in [-0.2, -0.15) is 0 Å². The third-order valence-corrected chi connectivity index (χ3v) is 3.38. The largest absolute Gasteiger partial charge is 0.374 e. The number of fused-ring (bicyclic) bond motifs is 1. The maximum absolute atomic E-state index is 10.8. The second-order valence-corrected chi connectivity index (χ2v) is 4.66. The van der Waals surface area contributed by atoms with Gasteiger partial charge in [-0.25, -0.2) is 0 Å². The van der Waals surface area contributed by atoms with Crippen LogP contribution < -0.4 is 4.90 Å². The van der Waals surface area contributed by atoms with Gasteiger partial charge in [-0.3, -0.25) is 10.1 Å². The van der Waals surface area contributed by atoms with Gasteiger partial charge >= 0.3 is 0 Å². The van der Waals surface area contributed by atoms with Crippen molar-refractivity contribution in [3.05, 3.63) is 45.1 Å². The van der Waals surface area contributed by atoms with E-state index < -0.39 is 0 Å². The standard InChI is InChI=1S/C14H18N2O2/c1-3-13(16(17)18)10-11-6-7-14-12(9-11)5-4-8-15(14)2/h6-7,9-10H,3-5,8H2,1-2H3/b13-10+. The van der Waals surface area contributed by atoms with Crippen LogP contribution in [0.5, 0.6) is 0 Å². The molecule has 0 N–H and O–H groups in total. The Morgan fingerprint density at radius 2 is 2.33 bits per heavy atom. The fourth-order valence-electron chi connectivity index (χ4n) is 2.37. The number of aryl methyl sites for hydroxylation is 1. The zero-order valence-corrected chi connectivity index (χ0v) is 10.8. The Hall–Kier alpha value is -1.84. The second kappa shape index (κ2) is 5.21. The fourth-order valence-corrected chi connectivity index (χ4v) is 2.37. The zero-order valence-electron chi connectivity index (χ0n) is 10.8. The molecule has 0 fully saturated rings. The van der Waals surface area contributed by atoms with Gasteiger partial charge in [0, 0.05) is 31.8 Å². The predicted octanol–water partition coefficient (Wildman–Crippen LogP) is 3.10. The number of nitrogens with zero attached hydrogens (tertiary/aromatic N) is 2. The summed E-state index contributed by atoms with van der Waals surface area (Å²) in [5, 5.41) is 10.8.